The molecule has 2 saturated heterocycles. The average Bonchev–Trinajstić information content (AvgIpc) is 3.87. The van der Waals surface area contributed by atoms with Gasteiger partial charge in [-0.2, -0.15) is 0 Å². The SMILES string of the molecule is CNCC(=O)NC(C(=O)N1CC(NC(=O)c2ccc(C(=O)NC3CC(C(=O)NC(C(=O)OC)c4ccccc4)N(C(=O)C(NC(=O)CNC)C(C)(C)C)C3)cc2)CC1C=O)C(C)(C)C. The van der Waals surface area contributed by atoms with Crippen molar-refractivity contribution in [2.45, 2.75) is 96.7 Å². The maximum absolute atomic E-state index is 14.3. The van der Waals surface area contributed by atoms with Gasteiger partial charge in [0.1, 0.15) is 24.4 Å². The third-order valence-electron chi connectivity index (χ3n) is 11.1. The number of hydrogen-bond donors (Lipinski definition) is 7. The van der Waals surface area contributed by atoms with Gasteiger partial charge in [-0.1, -0.05) is 71.9 Å². The van der Waals surface area contributed by atoms with Gasteiger partial charge in [0, 0.05) is 36.3 Å². The van der Waals surface area contributed by atoms with Crippen molar-refractivity contribution >= 4 is 53.6 Å². The summed E-state index contributed by atoms with van der Waals surface area (Å²) < 4.78 is 4.98. The summed E-state index contributed by atoms with van der Waals surface area (Å²) in [5.74, 6) is -4.26. The lowest BCUT2D eigenvalue weighted by molar-refractivity contribution is -0.147. The van der Waals surface area contributed by atoms with Gasteiger partial charge in [0.15, 0.2) is 6.04 Å². The number of likely N-dealkylation sites (tertiary alicyclic amines) is 2. The van der Waals surface area contributed by atoms with E-state index in [9.17, 15) is 43.2 Å². The van der Waals surface area contributed by atoms with E-state index >= 15 is 0 Å². The van der Waals surface area contributed by atoms with Gasteiger partial charge >= 0.3 is 5.97 Å². The van der Waals surface area contributed by atoms with Crippen molar-refractivity contribution in [1.29, 1.82) is 0 Å². The molecule has 7 atom stereocenters. The first-order chi connectivity index (χ1) is 30.1. The fraction of sp³-hybridized carbons (Fsp3) is 0.533. The molecule has 7 N–H and O–H groups in total. The highest BCUT2D eigenvalue weighted by Crippen LogP contribution is 2.28. The van der Waals surface area contributed by atoms with Crippen LogP contribution in [0.1, 0.15) is 86.7 Å². The Morgan fingerprint density at radius 2 is 1.12 bits per heavy atom. The second kappa shape index (κ2) is 21.9. The average molecular weight is 890 g/mol. The number of rotatable bonds is 17. The zero-order valence-corrected chi connectivity index (χ0v) is 38.0. The summed E-state index contributed by atoms with van der Waals surface area (Å²) in [6.07, 6.45) is 0.781. The smallest absolute Gasteiger partial charge is 0.333 e. The van der Waals surface area contributed by atoms with E-state index in [1.165, 1.54) is 41.2 Å². The molecule has 0 spiro atoms. The molecule has 64 heavy (non-hydrogen) atoms. The molecule has 7 amide bonds. The topological polar surface area (TPSA) is 254 Å². The molecule has 0 saturated carbocycles. The second-order valence-electron chi connectivity index (χ2n) is 18.3. The number of amides is 7. The van der Waals surface area contributed by atoms with Crippen molar-refractivity contribution < 1.29 is 47.9 Å². The number of benzene rings is 2. The van der Waals surface area contributed by atoms with Gasteiger partial charge in [0.2, 0.25) is 29.5 Å². The predicted octanol–water partition coefficient (Wildman–Crippen LogP) is -0.185. The molecular formula is C45H63N9O10. The lowest BCUT2D eigenvalue weighted by Gasteiger charge is -2.35. The van der Waals surface area contributed by atoms with Gasteiger partial charge in [-0.15, -0.1) is 0 Å². The summed E-state index contributed by atoms with van der Waals surface area (Å²) in [7, 11) is 4.40. The number of esters is 1. The van der Waals surface area contributed by atoms with Crippen LogP contribution in [0.4, 0.5) is 0 Å². The Labute approximate surface area is 373 Å². The molecule has 19 nitrogen and oxygen atoms in total. The van der Waals surface area contributed by atoms with Crippen molar-refractivity contribution in [3.8, 4) is 0 Å². The first kappa shape index (κ1) is 50.4. The van der Waals surface area contributed by atoms with E-state index in [4.69, 9.17) is 4.74 Å². The van der Waals surface area contributed by atoms with Crippen LogP contribution in [0.25, 0.3) is 0 Å². The number of methoxy groups -OCH3 is 1. The normalized spacial score (nSPS) is 20.0. The first-order valence-corrected chi connectivity index (χ1v) is 21.2. The summed E-state index contributed by atoms with van der Waals surface area (Å²) in [5, 5.41) is 19.5. The van der Waals surface area contributed by atoms with Crippen molar-refractivity contribution in [3.63, 3.8) is 0 Å². The van der Waals surface area contributed by atoms with E-state index in [0.29, 0.717) is 11.8 Å². The summed E-state index contributed by atoms with van der Waals surface area (Å²) in [4.78, 5) is 122. The molecule has 0 bridgehead atoms. The quantitative estimate of drug-likeness (QED) is 0.0807. The van der Waals surface area contributed by atoms with Gasteiger partial charge in [0.25, 0.3) is 11.8 Å². The van der Waals surface area contributed by atoms with Crippen LogP contribution in [-0.4, -0.2) is 147 Å². The van der Waals surface area contributed by atoms with Gasteiger partial charge in [0.05, 0.1) is 26.2 Å². The van der Waals surface area contributed by atoms with E-state index in [1.807, 2.05) is 0 Å². The number of hydrogen-bond acceptors (Lipinski definition) is 12. The lowest BCUT2D eigenvalue weighted by Crippen LogP contribution is -2.58. The van der Waals surface area contributed by atoms with Crippen molar-refractivity contribution in [2.75, 3.05) is 47.4 Å². The van der Waals surface area contributed by atoms with Gasteiger partial charge in [-0.25, -0.2) is 4.79 Å². The minimum Gasteiger partial charge on any atom is -0.467 e. The molecule has 2 aliphatic rings. The van der Waals surface area contributed by atoms with E-state index in [1.54, 1.807) is 86.0 Å². The summed E-state index contributed by atoms with van der Waals surface area (Å²) >= 11 is 0. The molecule has 2 aliphatic heterocycles. The zero-order valence-electron chi connectivity index (χ0n) is 38.0. The Bertz CT molecular complexity index is 2030. The number of nitrogens with zero attached hydrogens (tertiary/aromatic N) is 2. The third-order valence-corrected chi connectivity index (χ3v) is 11.1. The molecule has 2 fully saturated rings. The lowest BCUT2D eigenvalue weighted by atomic mass is 9.85. The number of likely N-dealkylation sites (N-methyl/N-ethyl adjacent to an activating group) is 2. The third kappa shape index (κ3) is 12.9. The molecule has 2 heterocycles. The molecule has 2 aromatic carbocycles. The van der Waals surface area contributed by atoms with Crippen LogP contribution in [0.3, 0.4) is 0 Å². The van der Waals surface area contributed by atoms with Gasteiger partial charge in [-0.05, 0) is 67.6 Å². The fourth-order valence-electron chi connectivity index (χ4n) is 7.75. The van der Waals surface area contributed by atoms with Crippen LogP contribution < -0.4 is 37.2 Å². The van der Waals surface area contributed by atoms with E-state index in [2.05, 4.69) is 37.2 Å². The zero-order chi connectivity index (χ0) is 47.5. The first-order valence-electron chi connectivity index (χ1n) is 21.2. The molecule has 19 heteroatoms. The Morgan fingerprint density at radius 1 is 0.672 bits per heavy atom. The van der Waals surface area contributed by atoms with Gasteiger partial charge < -0.3 is 56.5 Å². The van der Waals surface area contributed by atoms with Crippen molar-refractivity contribution in [3.05, 3.63) is 71.3 Å². The highest BCUT2D eigenvalue weighted by atomic mass is 16.5. The summed E-state index contributed by atoms with van der Waals surface area (Å²) in [5.41, 5.74) is -0.629. The Balaban J connectivity index is 1.49. The maximum atomic E-state index is 14.3. The van der Waals surface area contributed by atoms with Crippen LogP contribution in [-0.2, 0) is 38.3 Å². The van der Waals surface area contributed by atoms with E-state index < -0.39 is 94.5 Å². The Kier molecular flexibility index (Phi) is 17.3. The largest absolute Gasteiger partial charge is 0.467 e. The minimum atomic E-state index is -1.20. The molecular weight excluding hydrogens is 827 g/mol. The molecule has 4 rings (SSSR count). The molecule has 2 aromatic rings. The summed E-state index contributed by atoms with van der Waals surface area (Å²) in [6.45, 7) is 10.6. The number of ether oxygens (including phenoxy) is 1. The standard InChI is InChI=1S/C45H63N9O10/c1-44(2,3)36(50-33(56)21-46-7)41(61)53-23-29(19-31(53)25-55)48-38(58)27-15-17-28(18-16-27)39(59)49-30-20-32(40(60)52-35(43(63)64-9)26-13-11-10-12-14-26)54(24-30)42(62)37(45(4,5)6)51-34(57)22-47-8/h10-18,25,29-32,35-37,46-47H,19-24H2,1-9H3,(H,48,58)(H,49,59)(H,50,56)(H,51,57)(H,52,60). The highest BCUT2D eigenvalue weighted by molar-refractivity contribution is 5.99. The second-order valence-corrected chi connectivity index (χ2v) is 18.3. The summed E-state index contributed by atoms with van der Waals surface area (Å²) in [6, 6.07) is 7.76. The predicted molar refractivity (Wildman–Crippen MR) is 235 cm³/mol. The molecule has 0 radical (unpaired) electrons. The molecule has 0 aromatic heterocycles. The number of nitrogens with one attached hydrogen (secondary N) is 7. The van der Waals surface area contributed by atoms with E-state index in [0.717, 1.165) is 0 Å². The number of aldehydes is 1. The highest BCUT2D eigenvalue weighted by Gasteiger charge is 2.46. The molecule has 348 valence electrons. The van der Waals surface area contributed by atoms with Crippen LogP contribution in [0.5, 0.6) is 0 Å². The van der Waals surface area contributed by atoms with Crippen LogP contribution in [0.15, 0.2) is 54.6 Å². The van der Waals surface area contributed by atoms with Gasteiger partial charge in [-0.3, -0.25) is 33.6 Å². The van der Waals surface area contributed by atoms with Crippen LogP contribution >= 0.6 is 0 Å². The van der Waals surface area contributed by atoms with E-state index in [-0.39, 0.29) is 56.1 Å². The van der Waals surface area contributed by atoms with Crippen LogP contribution in [0.2, 0.25) is 0 Å². The van der Waals surface area contributed by atoms with Crippen molar-refractivity contribution in [1.82, 2.24) is 47.0 Å². The Hall–Kier alpha value is -6.21. The number of carbonyl (C=O) groups excluding carboxylic acids is 9. The monoisotopic (exact) mass is 889 g/mol. The fourth-order valence-corrected chi connectivity index (χ4v) is 7.75. The van der Waals surface area contributed by atoms with Crippen molar-refractivity contribution in [2.24, 2.45) is 10.8 Å². The minimum absolute atomic E-state index is 0.00279. The van der Waals surface area contributed by atoms with Crippen LogP contribution in [0, 0.1) is 10.8 Å². The molecule has 7 unspecified atom stereocenters. The Morgan fingerprint density at radius 3 is 1.56 bits per heavy atom. The maximum Gasteiger partial charge on any atom is 0.333 e. The number of carbonyl (C=O) groups is 9. The molecule has 0 aliphatic carbocycles.